The van der Waals surface area contributed by atoms with Crippen LogP contribution in [0.3, 0.4) is 0 Å². The Kier molecular flexibility index (Phi) is 4.78. The molecule has 1 aromatic heterocycles. The van der Waals surface area contributed by atoms with Crippen LogP contribution in [0.5, 0.6) is 0 Å². The van der Waals surface area contributed by atoms with Gasteiger partial charge in [-0.15, -0.1) is 0 Å². The molecular formula is C14H16ClIN4O. The first-order valence-corrected chi connectivity index (χ1v) is 8.36. The molecule has 2 heterocycles. The summed E-state index contributed by atoms with van der Waals surface area (Å²) in [6.07, 6.45) is 2.48. The third-order valence-corrected chi connectivity index (χ3v) is 5.17. The molecule has 2 aromatic rings. The second-order valence-electron chi connectivity index (χ2n) is 5.20. The van der Waals surface area contributed by atoms with Crippen molar-refractivity contribution in [2.24, 2.45) is 5.73 Å². The minimum absolute atomic E-state index is 0.222. The average Bonchev–Trinajstić information content (AvgIpc) is 3.12. The summed E-state index contributed by atoms with van der Waals surface area (Å²) in [5.74, 6) is 1.01. The number of likely N-dealkylation sites (tertiary alicyclic amines) is 1. The van der Waals surface area contributed by atoms with E-state index >= 15 is 0 Å². The molecule has 1 aliphatic heterocycles. The number of nitrogens with zero attached hydrogens (tertiary/aromatic N) is 3. The Bertz CT molecular complexity index is 627. The van der Waals surface area contributed by atoms with Crippen LogP contribution >= 0.6 is 34.2 Å². The van der Waals surface area contributed by atoms with Crippen LogP contribution in [-0.2, 0) is 0 Å². The number of benzene rings is 1. The molecule has 0 bridgehead atoms. The van der Waals surface area contributed by atoms with Crippen molar-refractivity contribution in [2.45, 2.75) is 18.9 Å². The molecule has 0 aliphatic carbocycles. The quantitative estimate of drug-likeness (QED) is 0.773. The summed E-state index contributed by atoms with van der Waals surface area (Å²) >= 11 is 8.30. The summed E-state index contributed by atoms with van der Waals surface area (Å²) in [5, 5.41) is 4.68. The maximum absolute atomic E-state index is 6.17. The second kappa shape index (κ2) is 6.60. The molecule has 1 unspecified atom stereocenters. The Morgan fingerprint density at radius 1 is 1.38 bits per heavy atom. The Morgan fingerprint density at radius 3 is 2.86 bits per heavy atom. The summed E-state index contributed by atoms with van der Waals surface area (Å²) in [7, 11) is 0. The van der Waals surface area contributed by atoms with Crippen molar-refractivity contribution in [1.29, 1.82) is 0 Å². The van der Waals surface area contributed by atoms with Gasteiger partial charge in [-0.05, 0) is 66.7 Å². The molecule has 1 fully saturated rings. The Labute approximate surface area is 142 Å². The van der Waals surface area contributed by atoms with Gasteiger partial charge in [0.05, 0.1) is 11.1 Å². The van der Waals surface area contributed by atoms with Gasteiger partial charge in [-0.2, -0.15) is 4.98 Å². The fourth-order valence-electron chi connectivity index (χ4n) is 2.46. The van der Waals surface area contributed by atoms with E-state index in [1.165, 1.54) is 12.8 Å². The van der Waals surface area contributed by atoms with Crippen LogP contribution < -0.4 is 5.73 Å². The first kappa shape index (κ1) is 15.2. The van der Waals surface area contributed by atoms with Crippen LogP contribution in [0.2, 0.25) is 5.02 Å². The number of aromatic nitrogens is 2. The molecule has 112 valence electrons. The number of hydrogen-bond donors (Lipinski definition) is 1. The molecule has 1 saturated heterocycles. The van der Waals surface area contributed by atoms with E-state index < -0.39 is 0 Å². The molecule has 0 amide bonds. The first-order valence-electron chi connectivity index (χ1n) is 6.90. The van der Waals surface area contributed by atoms with Crippen LogP contribution in [0, 0.1) is 3.57 Å². The zero-order valence-electron chi connectivity index (χ0n) is 11.4. The van der Waals surface area contributed by atoms with Crippen LogP contribution in [-0.4, -0.2) is 34.7 Å². The highest BCUT2D eigenvalue weighted by molar-refractivity contribution is 14.1. The van der Waals surface area contributed by atoms with Crippen LogP contribution in [0.25, 0.3) is 11.5 Å². The molecule has 0 saturated carbocycles. The predicted octanol–water partition coefficient (Wildman–Crippen LogP) is 3.09. The highest BCUT2D eigenvalue weighted by Crippen LogP contribution is 2.26. The van der Waals surface area contributed by atoms with Crippen molar-refractivity contribution in [3.05, 3.63) is 32.6 Å². The van der Waals surface area contributed by atoms with Gasteiger partial charge >= 0.3 is 0 Å². The zero-order chi connectivity index (χ0) is 14.8. The predicted molar refractivity (Wildman–Crippen MR) is 90.1 cm³/mol. The smallest absolute Gasteiger partial charge is 0.258 e. The Hall–Kier alpha value is -0.700. The number of nitrogens with two attached hydrogens (primary N) is 1. The van der Waals surface area contributed by atoms with Gasteiger partial charge in [-0.1, -0.05) is 16.8 Å². The lowest BCUT2D eigenvalue weighted by Crippen LogP contribution is -2.30. The van der Waals surface area contributed by atoms with E-state index in [4.69, 9.17) is 21.9 Å². The summed E-state index contributed by atoms with van der Waals surface area (Å²) < 4.78 is 6.30. The molecular weight excluding hydrogens is 403 g/mol. The molecule has 2 N–H and O–H groups in total. The van der Waals surface area contributed by atoms with Crippen LogP contribution in [0.15, 0.2) is 22.7 Å². The van der Waals surface area contributed by atoms with Gasteiger partial charge in [0.15, 0.2) is 5.82 Å². The van der Waals surface area contributed by atoms with E-state index in [1.807, 2.05) is 18.2 Å². The fourth-order valence-corrected chi connectivity index (χ4v) is 2.97. The SMILES string of the molecule is NC(CN1CCCC1)c1noc(-c2ccc(I)c(Cl)c2)n1. The van der Waals surface area contributed by atoms with Crippen molar-refractivity contribution in [3.8, 4) is 11.5 Å². The van der Waals surface area contributed by atoms with Crippen molar-refractivity contribution in [1.82, 2.24) is 15.0 Å². The van der Waals surface area contributed by atoms with Crippen molar-refractivity contribution < 1.29 is 4.52 Å². The highest BCUT2D eigenvalue weighted by Gasteiger charge is 2.20. The molecule has 5 nitrogen and oxygen atoms in total. The maximum Gasteiger partial charge on any atom is 0.258 e. The molecule has 3 rings (SSSR count). The van der Waals surface area contributed by atoms with E-state index in [9.17, 15) is 0 Å². The maximum atomic E-state index is 6.17. The monoisotopic (exact) mass is 418 g/mol. The van der Waals surface area contributed by atoms with Crippen molar-refractivity contribution in [3.63, 3.8) is 0 Å². The lowest BCUT2D eigenvalue weighted by molar-refractivity contribution is 0.306. The summed E-state index contributed by atoms with van der Waals surface area (Å²) in [5.41, 5.74) is 6.98. The summed E-state index contributed by atoms with van der Waals surface area (Å²) in [6.45, 7) is 2.97. The standard InChI is InChI=1S/C14H16ClIN4O/c15-10-7-9(3-4-11(10)16)14-18-13(19-21-14)12(17)8-20-5-1-2-6-20/h3-4,7,12H,1-2,5-6,8,17H2. The fraction of sp³-hybridized carbons (Fsp3) is 0.429. The van der Waals surface area contributed by atoms with E-state index in [0.29, 0.717) is 16.7 Å². The molecule has 0 radical (unpaired) electrons. The van der Waals surface area contributed by atoms with Gasteiger partial charge in [0.2, 0.25) is 0 Å². The lowest BCUT2D eigenvalue weighted by atomic mass is 10.2. The highest BCUT2D eigenvalue weighted by atomic mass is 127. The molecule has 1 atom stereocenters. The number of hydrogen-bond acceptors (Lipinski definition) is 5. The average molecular weight is 419 g/mol. The Balaban J connectivity index is 1.74. The molecule has 1 aromatic carbocycles. The topological polar surface area (TPSA) is 68.2 Å². The minimum atomic E-state index is -0.222. The minimum Gasteiger partial charge on any atom is -0.334 e. The van der Waals surface area contributed by atoms with Gasteiger partial charge in [-0.25, -0.2) is 0 Å². The molecule has 1 aliphatic rings. The lowest BCUT2D eigenvalue weighted by Gasteiger charge is -2.17. The summed E-state index contributed by atoms with van der Waals surface area (Å²) in [4.78, 5) is 6.74. The van der Waals surface area contributed by atoms with Crippen LogP contribution in [0.4, 0.5) is 0 Å². The zero-order valence-corrected chi connectivity index (χ0v) is 14.3. The van der Waals surface area contributed by atoms with Gasteiger partial charge in [-0.3, -0.25) is 0 Å². The van der Waals surface area contributed by atoms with Gasteiger partial charge < -0.3 is 15.2 Å². The molecule has 21 heavy (non-hydrogen) atoms. The van der Waals surface area contributed by atoms with Crippen molar-refractivity contribution >= 4 is 34.2 Å². The molecule has 0 spiro atoms. The van der Waals surface area contributed by atoms with Gasteiger partial charge in [0.25, 0.3) is 5.89 Å². The number of rotatable bonds is 4. The van der Waals surface area contributed by atoms with E-state index in [-0.39, 0.29) is 6.04 Å². The normalized spacial score (nSPS) is 17.3. The van der Waals surface area contributed by atoms with E-state index in [1.54, 1.807) is 0 Å². The van der Waals surface area contributed by atoms with E-state index in [0.717, 1.165) is 28.8 Å². The first-order chi connectivity index (χ1) is 10.1. The van der Waals surface area contributed by atoms with Crippen molar-refractivity contribution in [2.75, 3.05) is 19.6 Å². The van der Waals surface area contributed by atoms with E-state index in [2.05, 4.69) is 37.6 Å². The van der Waals surface area contributed by atoms with Gasteiger partial charge in [0, 0.05) is 15.7 Å². The molecule has 7 heteroatoms. The number of halogens is 2. The van der Waals surface area contributed by atoms with Crippen LogP contribution in [0.1, 0.15) is 24.7 Å². The summed E-state index contributed by atoms with van der Waals surface area (Å²) in [6, 6.07) is 5.44. The Morgan fingerprint density at radius 2 is 2.14 bits per heavy atom. The second-order valence-corrected chi connectivity index (χ2v) is 6.77. The largest absolute Gasteiger partial charge is 0.334 e. The third-order valence-electron chi connectivity index (χ3n) is 3.59. The third kappa shape index (κ3) is 3.56. The van der Waals surface area contributed by atoms with Gasteiger partial charge in [0.1, 0.15) is 0 Å².